The lowest BCUT2D eigenvalue weighted by Gasteiger charge is -2.34. The lowest BCUT2D eigenvalue weighted by Crippen LogP contribution is -2.49. The number of hydrogen-bond donors (Lipinski definition) is 3. The number of pyridine rings is 1. The highest BCUT2D eigenvalue weighted by atomic mass is 127. The Morgan fingerprint density at radius 2 is 1.90 bits per heavy atom. The Kier molecular flexibility index (Phi) is 10.4. The van der Waals surface area contributed by atoms with Crippen molar-refractivity contribution in [3.63, 3.8) is 0 Å². The second kappa shape index (κ2) is 12.7. The van der Waals surface area contributed by atoms with Crippen molar-refractivity contribution in [2.75, 3.05) is 31.1 Å². The molecule has 7 heteroatoms. The van der Waals surface area contributed by atoms with Gasteiger partial charge in [-0.15, -0.1) is 24.0 Å². The minimum absolute atomic E-state index is 0. The number of anilines is 1. The van der Waals surface area contributed by atoms with Gasteiger partial charge in [-0.3, -0.25) is 4.99 Å². The summed E-state index contributed by atoms with van der Waals surface area (Å²) < 4.78 is 0. The molecule has 0 saturated carbocycles. The van der Waals surface area contributed by atoms with Gasteiger partial charge < -0.3 is 20.6 Å². The van der Waals surface area contributed by atoms with Crippen LogP contribution in [0.2, 0.25) is 0 Å². The summed E-state index contributed by atoms with van der Waals surface area (Å²) in [6.07, 6.45) is 2.20. The van der Waals surface area contributed by atoms with Crippen LogP contribution in [-0.2, 0) is 6.42 Å². The number of aliphatic hydroxyl groups excluding tert-OH is 1. The highest BCUT2D eigenvalue weighted by Gasteiger charge is 2.21. The number of aliphatic hydroxyl groups is 1. The molecule has 2 heterocycles. The van der Waals surface area contributed by atoms with E-state index >= 15 is 0 Å². The summed E-state index contributed by atoms with van der Waals surface area (Å²) in [5.41, 5.74) is 2.18. The van der Waals surface area contributed by atoms with E-state index < -0.39 is 6.10 Å². The number of piperidine rings is 1. The van der Waals surface area contributed by atoms with Gasteiger partial charge in [0.05, 0.1) is 12.6 Å². The van der Waals surface area contributed by atoms with Crippen molar-refractivity contribution in [2.45, 2.75) is 45.3 Å². The van der Waals surface area contributed by atoms with E-state index in [9.17, 15) is 5.11 Å². The Labute approximate surface area is 197 Å². The zero-order valence-electron chi connectivity index (χ0n) is 17.9. The minimum Gasteiger partial charge on any atom is -0.391 e. The quantitative estimate of drug-likeness (QED) is 0.296. The van der Waals surface area contributed by atoms with Crippen LogP contribution in [0.4, 0.5) is 5.82 Å². The predicted molar refractivity (Wildman–Crippen MR) is 135 cm³/mol. The third-order valence-electron chi connectivity index (χ3n) is 5.15. The van der Waals surface area contributed by atoms with Gasteiger partial charge in [-0.1, -0.05) is 36.4 Å². The second-order valence-electron chi connectivity index (χ2n) is 7.61. The molecule has 164 valence electrons. The topological polar surface area (TPSA) is 72.8 Å². The van der Waals surface area contributed by atoms with Crippen LogP contribution in [0.1, 0.15) is 31.0 Å². The van der Waals surface area contributed by atoms with Crippen LogP contribution < -0.4 is 15.5 Å². The number of rotatable bonds is 7. The van der Waals surface area contributed by atoms with Crippen molar-refractivity contribution in [1.29, 1.82) is 0 Å². The van der Waals surface area contributed by atoms with Gasteiger partial charge in [0.25, 0.3) is 0 Å². The number of guanidine groups is 1. The summed E-state index contributed by atoms with van der Waals surface area (Å²) in [6.45, 7) is 7.23. The van der Waals surface area contributed by atoms with Crippen LogP contribution in [0.25, 0.3) is 0 Å². The lowest BCUT2D eigenvalue weighted by atomic mass is 10.1. The van der Waals surface area contributed by atoms with Crippen molar-refractivity contribution >= 4 is 35.8 Å². The average molecular weight is 523 g/mol. The van der Waals surface area contributed by atoms with Crippen molar-refractivity contribution in [3.05, 3.63) is 59.8 Å². The maximum Gasteiger partial charge on any atom is 0.191 e. The molecule has 3 rings (SSSR count). The number of aryl methyl sites for hydroxylation is 1. The van der Waals surface area contributed by atoms with Gasteiger partial charge in [0.2, 0.25) is 0 Å². The molecule has 6 nitrogen and oxygen atoms in total. The molecule has 1 saturated heterocycles. The molecule has 30 heavy (non-hydrogen) atoms. The summed E-state index contributed by atoms with van der Waals surface area (Å²) in [5.74, 6) is 1.85. The Balaban J connectivity index is 0.00000320. The molecule has 0 aliphatic carbocycles. The molecule has 2 aromatic rings. The number of aliphatic imine (C=N–C) groups is 1. The molecule has 1 aromatic heterocycles. The van der Waals surface area contributed by atoms with Gasteiger partial charge in [0.1, 0.15) is 5.82 Å². The van der Waals surface area contributed by atoms with Crippen LogP contribution in [-0.4, -0.2) is 54.4 Å². The molecule has 1 atom stereocenters. The van der Waals surface area contributed by atoms with Gasteiger partial charge in [0, 0.05) is 37.8 Å². The van der Waals surface area contributed by atoms with Crippen LogP contribution in [0.15, 0.2) is 53.5 Å². The third kappa shape index (κ3) is 7.75. The van der Waals surface area contributed by atoms with E-state index in [4.69, 9.17) is 0 Å². The number of aromatic nitrogens is 1. The van der Waals surface area contributed by atoms with Gasteiger partial charge in [0.15, 0.2) is 5.96 Å². The van der Waals surface area contributed by atoms with E-state index in [-0.39, 0.29) is 24.0 Å². The third-order valence-corrected chi connectivity index (χ3v) is 5.15. The normalized spacial score (nSPS) is 16.0. The summed E-state index contributed by atoms with van der Waals surface area (Å²) in [6, 6.07) is 16.6. The van der Waals surface area contributed by atoms with Crippen molar-refractivity contribution in [1.82, 2.24) is 15.6 Å². The Hall–Kier alpha value is -1.87. The molecule has 0 amide bonds. The van der Waals surface area contributed by atoms with E-state index in [1.54, 1.807) is 0 Å². The number of nitrogens with zero attached hydrogens (tertiary/aromatic N) is 3. The fraction of sp³-hybridized carbons (Fsp3) is 0.478. The molecule has 0 radical (unpaired) electrons. The first-order valence-corrected chi connectivity index (χ1v) is 10.6. The van der Waals surface area contributed by atoms with E-state index in [1.807, 2.05) is 43.3 Å². The zero-order chi connectivity index (χ0) is 20.5. The van der Waals surface area contributed by atoms with Crippen LogP contribution in [0.3, 0.4) is 0 Å². The molecule has 0 bridgehead atoms. The molecule has 1 fully saturated rings. The molecule has 1 aliphatic rings. The predicted octanol–water partition coefficient (Wildman–Crippen LogP) is 3.14. The first-order valence-electron chi connectivity index (χ1n) is 10.6. The Morgan fingerprint density at radius 3 is 2.57 bits per heavy atom. The highest BCUT2D eigenvalue weighted by Crippen LogP contribution is 2.18. The minimum atomic E-state index is -0.484. The van der Waals surface area contributed by atoms with Crippen LogP contribution in [0, 0.1) is 6.92 Å². The van der Waals surface area contributed by atoms with Crippen molar-refractivity contribution in [3.8, 4) is 0 Å². The first kappa shape index (κ1) is 24.4. The molecule has 1 aliphatic heterocycles. The van der Waals surface area contributed by atoms with Crippen LogP contribution >= 0.6 is 24.0 Å². The van der Waals surface area contributed by atoms with Gasteiger partial charge in [-0.2, -0.15) is 0 Å². The maximum atomic E-state index is 10.3. The molecular formula is C23H34IN5O. The smallest absolute Gasteiger partial charge is 0.191 e. The number of nitrogens with one attached hydrogen (secondary N) is 2. The van der Waals surface area contributed by atoms with Crippen molar-refractivity contribution in [2.24, 2.45) is 4.99 Å². The summed E-state index contributed by atoms with van der Waals surface area (Å²) in [5, 5.41) is 17.2. The Morgan fingerprint density at radius 1 is 1.17 bits per heavy atom. The van der Waals surface area contributed by atoms with Gasteiger partial charge in [-0.05, 0) is 44.4 Å². The Bertz CT molecular complexity index is 778. The SMILES string of the molecule is CCNC(=NCC(O)Cc1ccccc1)NC1CCN(c2cccc(C)n2)CC1.I. The largest absolute Gasteiger partial charge is 0.391 e. The zero-order valence-corrected chi connectivity index (χ0v) is 20.3. The van der Waals surface area contributed by atoms with Gasteiger partial charge >= 0.3 is 0 Å². The molecule has 1 aromatic carbocycles. The van der Waals surface area contributed by atoms with Crippen molar-refractivity contribution < 1.29 is 5.11 Å². The van der Waals surface area contributed by atoms with E-state index in [0.717, 1.165) is 55.5 Å². The maximum absolute atomic E-state index is 10.3. The average Bonchev–Trinajstić information content (AvgIpc) is 2.73. The van der Waals surface area contributed by atoms with Gasteiger partial charge in [-0.25, -0.2) is 4.98 Å². The molecule has 1 unspecified atom stereocenters. The number of hydrogen-bond acceptors (Lipinski definition) is 4. The first-order chi connectivity index (χ1) is 14.1. The standard InChI is InChI=1S/C23H33N5O.HI/c1-3-24-23(25-17-21(29)16-19-9-5-4-6-10-19)27-20-12-14-28(15-13-20)22-11-7-8-18(2)26-22;/h4-11,20-21,29H,3,12-17H2,1-2H3,(H2,24,25,27);1H. The van der Waals surface area contributed by atoms with E-state index in [0.29, 0.717) is 19.0 Å². The van der Waals surface area contributed by atoms with E-state index in [1.165, 1.54) is 0 Å². The monoisotopic (exact) mass is 523 g/mol. The second-order valence-corrected chi connectivity index (χ2v) is 7.61. The molecular weight excluding hydrogens is 489 g/mol. The summed E-state index contributed by atoms with van der Waals surface area (Å²) in [7, 11) is 0. The number of halogens is 1. The number of benzene rings is 1. The highest BCUT2D eigenvalue weighted by molar-refractivity contribution is 14.0. The fourth-order valence-corrected chi connectivity index (χ4v) is 3.62. The van der Waals surface area contributed by atoms with E-state index in [2.05, 4.69) is 44.6 Å². The molecule has 0 spiro atoms. The van der Waals surface area contributed by atoms with Crippen LogP contribution in [0.5, 0.6) is 0 Å². The lowest BCUT2D eigenvalue weighted by molar-refractivity contribution is 0.183. The summed E-state index contributed by atoms with van der Waals surface area (Å²) in [4.78, 5) is 11.6. The fourth-order valence-electron chi connectivity index (χ4n) is 3.62. The summed E-state index contributed by atoms with van der Waals surface area (Å²) >= 11 is 0. The molecule has 3 N–H and O–H groups in total.